The molecular weight excluding hydrogens is 928 g/mol. The Labute approximate surface area is 325 Å². The van der Waals surface area contributed by atoms with Gasteiger partial charge in [-0.1, -0.05) is 28.5 Å². The van der Waals surface area contributed by atoms with Crippen molar-refractivity contribution < 1.29 is 45.2 Å². The van der Waals surface area contributed by atoms with Gasteiger partial charge in [0, 0.05) is 25.9 Å². The minimum absolute atomic E-state index is 0.0772. The van der Waals surface area contributed by atoms with Gasteiger partial charge >= 0.3 is 0 Å². The fourth-order valence-electron chi connectivity index (χ4n) is 4.69. The number of phenols is 4. The number of nitrogens with one attached hydrogen (secondary N) is 2. The monoisotopic (exact) mass is 954 g/mol. The van der Waals surface area contributed by atoms with Gasteiger partial charge in [0.2, 0.25) is 0 Å². The molecule has 0 atom stereocenters. The van der Waals surface area contributed by atoms with E-state index in [4.69, 9.17) is 4.74 Å². The van der Waals surface area contributed by atoms with E-state index in [2.05, 4.69) is 84.7 Å². The Morgan fingerprint density at radius 2 is 1.12 bits per heavy atom. The third kappa shape index (κ3) is 10.6. The van der Waals surface area contributed by atoms with Gasteiger partial charge in [-0.2, -0.15) is 0 Å². The Hall–Kier alpha value is -4.32. The van der Waals surface area contributed by atoms with Crippen molar-refractivity contribution in [3.05, 3.63) is 101 Å². The van der Waals surface area contributed by atoms with Crippen LogP contribution in [0, 0.1) is 0 Å². The summed E-state index contributed by atoms with van der Waals surface area (Å²) >= 11 is 13.0. The SMILES string of the molecule is O=C(NCCc1ccc(O)c(Br)c1)/C(Cc1cc(Br)c(O)c(Oc2ccc(C/C(=N\O)C(=O)NCCc3ccc(O)c(Br)c3)c(Br)c2O)c1)=N/O. The molecule has 0 aliphatic heterocycles. The van der Waals surface area contributed by atoms with Gasteiger partial charge in [0.15, 0.2) is 23.0 Å². The molecular formula is C34H30Br4N4O9. The minimum Gasteiger partial charge on any atom is -0.507 e. The lowest BCUT2D eigenvalue weighted by molar-refractivity contribution is -0.115. The van der Waals surface area contributed by atoms with Crippen LogP contribution in [0.25, 0.3) is 0 Å². The number of carbonyl (C=O) groups is 2. The lowest BCUT2D eigenvalue weighted by Gasteiger charge is -2.15. The average Bonchev–Trinajstić information content (AvgIpc) is 3.10. The zero-order valence-corrected chi connectivity index (χ0v) is 32.7. The molecule has 4 aromatic carbocycles. The number of ether oxygens (including phenoxy) is 1. The molecule has 8 N–H and O–H groups in total. The van der Waals surface area contributed by atoms with Gasteiger partial charge < -0.3 is 46.2 Å². The Bertz CT molecular complexity index is 2010. The highest BCUT2D eigenvalue weighted by molar-refractivity contribution is 9.11. The maximum absolute atomic E-state index is 12.8. The van der Waals surface area contributed by atoms with Crippen molar-refractivity contribution in [2.45, 2.75) is 25.7 Å². The standard InChI is InChI=1S/C34H30Br4N4O9/c35-21-11-17(1-4-26(21)43)7-9-39-33(47)24(41-49)14-19-13-23(37)31(45)29(15-19)51-28-6-3-20(30(38)32(28)46)16-25(42-50)34(48)40-10-8-18-2-5-27(44)22(36)12-18/h1-6,11-13,15,43-46,49-50H,7-10,14,16H2,(H,39,47)(H,40,48)/b41-24+,42-25+. The first kappa shape index (κ1) is 39.5. The van der Waals surface area contributed by atoms with Gasteiger partial charge in [-0.15, -0.1) is 0 Å². The van der Waals surface area contributed by atoms with E-state index < -0.39 is 11.8 Å². The molecule has 0 fully saturated rings. The molecule has 51 heavy (non-hydrogen) atoms. The molecule has 0 unspecified atom stereocenters. The summed E-state index contributed by atoms with van der Waals surface area (Å²) in [5, 5.41) is 71.7. The van der Waals surface area contributed by atoms with E-state index in [0.29, 0.717) is 32.9 Å². The highest BCUT2D eigenvalue weighted by atomic mass is 79.9. The molecule has 4 aromatic rings. The maximum atomic E-state index is 12.8. The molecule has 0 saturated heterocycles. The number of benzene rings is 4. The molecule has 268 valence electrons. The molecule has 0 saturated carbocycles. The van der Waals surface area contributed by atoms with Crippen LogP contribution in [0.2, 0.25) is 0 Å². The number of hydrogen-bond acceptors (Lipinski definition) is 11. The van der Waals surface area contributed by atoms with Crippen LogP contribution in [0.15, 0.2) is 88.9 Å². The number of oxime groups is 2. The van der Waals surface area contributed by atoms with Crippen LogP contribution in [-0.2, 0) is 35.3 Å². The normalized spacial score (nSPS) is 11.7. The van der Waals surface area contributed by atoms with Crippen molar-refractivity contribution in [2.24, 2.45) is 10.3 Å². The maximum Gasteiger partial charge on any atom is 0.269 e. The van der Waals surface area contributed by atoms with Crippen molar-refractivity contribution in [1.29, 1.82) is 0 Å². The van der Waals surface area contributed by atoms with Crippen molar-refractivity contribution >= 4 is 87.0 Å². The van der Waals surface area contributed by atoms with Crippen molar-refractivity contribution in [3.8, 4) is 34.5 Å². The molecule has 0 bridgehead atoms. The smallest absolute Gasteiger partial charge is 0.269 e. The summed E-state index contributed by atoms with van der Waals surface area (Å²) in [6.45, 7) is 0.449. The number of nitrogens with zero attached hydrogens (tertiary/aromatic N) is 2. The number of carbonyl (C=O) groups excluding carboxylic acids is 2. The van der Waals surface area contributed by atoms with Crippen LogP contribution >= 0.6 is 63.7 Å². The molecule has 4 rings (SSSR count). The van der Waals surface area contributed by atoms with Gasteiger partial charge in [0.05, 0.1) is 17.9 Å². The summed E-state index contributed by atoms with van der Waals surface area (Å²) in [7, 11) is 0. The van der Waals surface area contributed by atoms with Gasteiger partial charge in [-0.25, -0.2) is 0 Å². The molecule has 13 nitrogen and oxygen atoms in total. The lowest BCUT2D eigenvalue weighted by atomic mass is 10.1. The Kier molecular flexibility index (Phi) is 14.1. The van der Waals surface area contributed by atoms with Crippen LogP contribution in [0.4, 0.5) is 0 Å². The molecule has 0 heterocycles. The van der Waals surface area contributed by atoms with Crippen LogP contribution < -0.4 is 15.4 Å². The van der Waals surface area contributed by atoms with Crippen LogP contribution in [-0.4, -0.2) is 67.2 Å². The van der Waals surface area contributed by atoms with E-state index in [1.807, 2.05) is 0 Å². The van der Waals surface area contributed by atoms with Crippen LogP contribution in [0.3, 0.4) is 0 Å². The Morgan fingerprint density at radius 3 is 1.63 bits per heavy atom. The van der Waals surface area contributed by atoms with Crippen LogP contribution in [0.5, 0.6) is 34.5 Å². The van der Waals surface area contributed by atoms with Crippen molar-refractivity contribution in [1.82, 2.24) is 10.6 Å². The van der Waals surface area contributed by atoms with Gasteiger partial charge in [-0.05, 0) is 141 Å². The van der Waals surface area contributed by atoms with Crippen molar-refractivity contribution in [3.63, 3.8) is 0 Å². The predicted molar refractivity (Wildman–Crippen MR) is 203 cm³/mol. The number of aromatic hydroxyl groups is 4. The summed E-state index contributed by atoms with van der Waals surface area (Å²) in [5.41, 5.74) is 2.09. The second kappa shape index (κ2) is 18.3. The van der Waals surface area contributed by atoms with Gasteiger partial charge in [-0.3, -0.25) is 9.59 Å². The molecule has 0 aliphatic rings. The quantitative estimate of drug-likeness (QED) is 0.0378. The van der Waals surface area contributed by atoms with E-state index in [1.165, 1.54) is 36.4 Å². The number of phenolic OH excluding ortho intramolecular Hbond substituents is 4. The van der Waals surface area contributed by atoms with E-state index in [1.54, 1.807) is 24.3 Å². The molecule has 17 heteroatoms. The van der Waals surface area contributed by atoms with Gasteiger partial charge in [0.1, 0.15) is 22.9 Å². The number of hydrogen-bond donors (Lipinski definition) is 8. The summed E-state index contributed by atoms with van der Waals surface area (Å²) < 4.78 is 7.22. The minimum atomic E-state index is -0.626. The van der Waals surface area contributed by atoms with Crippen molar-refractivity contribution in [2.75, 3.05) is 13.1 Å². The highest BCUT2D eigenvalue weighted by Crippen LogP contribution is 2.43. The number of rotatable bonds is 14. The molecule has 0 aliphatic carbocycles. The largest absolute Gasteiger partial charge is 0.507 e. The van der Waals surface area contributed by atoms with Crippen LogP contribution in [0.1, 0.15) is 22.3 Å². The summed E-state index contributed by atoms with van der Waals surface area (Å²) in [6.07, 6.45) is 0.595. The fraction of sp³-hybridized carbons (Fsp3) is 0.176. The van der Waals surface area contributed by atoms with Gasteiger partial charge in [0.25, 0.3) is 11.8 Å². The van der Waals surface area contributed by atoms with E-state index >= 15 is 0 Å². The Morgan fingerprint density at radius 1 is 0.608 bits per heavy atom. The Balaban J connectivity index is 1.39. The average molecular weight is 958 g/mol. The second-order valence-electron chi connectivity index (χ2n) is 10.9. The van der Waals surface area contributed by atoms with E-state index in [0.717, 1.165) is 11.1 Å². The first-order valence-corrected chi connectivity index (χ1v) is 18.1. The van der Waals surface area contributed by atoms with E-state index in [-0.39, 0.29) is 80.8 Å². The zero-order valence-electron chi connectivity index (χ0n) is 26.3. The lowest BCUT2D eigenvalue weighted by Crippen LogP contribution is -2.33. The highest BCUT2D eigenvalue weighted by Gasteiger charge is 2.21. The molecule has 2 amide bonds. The zero-order chi connectivity index (χ0) is 37.2. The first-order chi connectivity index (χ1) is 24.3. The molecule has 0 spiro atoms. The fourth-order valence-corrected chi connectivity index (χ4v) is 6.50. The summed E-state index contributed by atoms with van der Waals surface area (Å²) in [4.78, 5) is 25.5. The number of halogens is 4. The first-order valence-electron chi connectivity index (χ1n) is 14.9. The summed E-state index contributed by atoms with van der Waals surface area (Å²) in [6, 6.07) is 15.8. The van der Waals surface area contributed by atoms with E-state index in [9.17, 15) is 40.4 Å². The second-order valence-corrected chi connectivity index (χ2v) is 14.3. The topological polar surface area (TPSA) is 214 Å². The third-order valence-corrected chi connectivity index (χ3v) is 10.1. The summed E-state index contributed by atoms with van der Waals surface area (Å²) in [5.74, 6) is -1.91. The third-order valence-electron chi connectivity index (χ3n) is 7.38. The number of amides is 2. The predicted octanol–water partition coefficient (Wildman–Crippen LogP) is 6.81. The molecule has 0 radical (unpaired) electrons. The molecule has 0 aromatic heterocycles.